The topological polar surface area (TPSA) is 72.9 Å². The first kappa shape index (κ1) is 15.1. The predicted molar refractivity (Wildman–Crippen MR) is 75.5 cm³/mol. The fourth-order valence-corrected chi connectivity index (χ4v) is 3.27. The molecule has 20 heavy (non-hydrogen) atoms. The summed E-state index contributed by atoms with van der Waals surface area (Å²) in [5.41, 5.74) is 0. The summed E-state index contributed by atoms with van der Waals surface area (Å²) in [4.78, 5) is 27.0. The van der Waals surface area contributed by atoms with Crippen LogP contribution < -0.4 is 5.32 Å². The average Bonchev–Trinajstić information content (AvgIpc) is 2.98. The first-order valence-corrected chi connectivity index (χ1v) is 7.38. The third-order valence-corrected chi connectivity index (χ3v) is 4.48. The highest BCUT2D eigenvalue weighted by atomic mass is 16.4. The molecule has 114 valence electrons. The number of urea groups is 1. The van der Waals surface area contributed by atoms with Gasteiger partial charge in [-0.25, -0.2) is 4.79 Å². The zero-order valence-electron chi connectivity index (χ0n) is 12.3. The van der Waals surface area contributed by atoms with Crippen molar-refractivity contribution in [1.82, 2.24) is 15.1 Å². The third kappa shape index (κ3) is 3.85. The maximum absolute atomic E-state index is 12.1. The number of carbonyl (C=O) groups excluding carboxylic acids is 1. The molecule has 1 heterocycles. The van der Waals surface area contributed by atoms with Crippen LogP contribution in [-0.2, 0) is 4.79 Å². The van der Waals surface area contributed by atoms with E-state index in [4.69, 9.17) is 5.11 Å². The van der Waals surface area contributed by atoms with Gasteiger partial charge in [-0.15, -0.1) is 0 Å². The summed E-state index contributed by atoms with van der Waals surface area (Å²) in [6.07, 6.45) is 3.12. The molecule has 2 rings (SSSR count). The third-order valence-electron chi connectivity index (χ3n) is 4.48. The number of hydrogen-bond acceptors (Lipinski definition) is 3. The lowest BCUT2D eigenvalue weighted by atomic mass is 10.1. The molecule has 2 aliphatic rings. The number of nitrogens with one attached hydrogen (secondary N) is 1. The molecule has 1 aliphatic carbocycles. The van der Waals surface area contributed by atoms with Gasteiger partial charge in [-0.3, -0.25) is 4.79 Å². The Kier molecular flexibility index (Phi) is 4.86. The molecular formula is C14H25N3O3. The molecule has 2 amide bonds. The lowest BCUT2D eigenvalue weighted by Gasteiger charge is -2.23. The van der Waals surface area contributed by atoms with Gasteiger partial charge in [0, 0.05) is 26.2 Å². The standard InChI is InChI=1S/C14H25N3O3/c1-16-6-5-10(8-16)9-17(2)14(20)15-12-4-3-11(7-12)13(18)19/h10-12H,3-9H2,1-2H3,(H,15,20)(H,18,19). The highest BCUT2D eigenvalue weighted by Gasteiger charge is 2.31. The van der Waals surface area contributed by atoms with Crippen molar-refractivity contribution < 1.29 is 14.7 Å². The molecule has 0 spiro atoms. The number of rotatable bonds is 4. The molecule has 3 atom stereocenters. The van der Waals surface area contributed by atoms with E-state index in [0.717, 1.165) is 32.5 Å². The first-order chi connectivity index (χ1) is 9.45. The Balaban J connectivity index is 1.73. The number of carboxylic acids is 1. The summed E-state index contributed by atoms with van der Waals surface area (Å²) in [5.74, 6) is -0.496. The smallest absolute Gasteiger partial charge is 0.317 e. The molecule has 1 saturated heterocycles. The van der Waals surface area contributed by atoms with Crippen molar-refractivity contribution in [2.75, 3.05) is 33.7 Å². The SMILES string of the molecule is CN1CCC(CN(C)C(=O)NC2CCC(C(=O)O)C2)C1. The molecule has 0 aromatic rings. The fourth-order valence-electron chi connectivity index (χ4n) is 3.27. The van der Waals surface area contributed by atoms with Crippen molar-refractivity contribution >= 4 is 12.0 Å². The first-order valence-electron chi connectivity index (χ1n) is 7.38. The van der Waals surface area contributed by atoms with Crippen LogP contribution in [0.15, 0.2) is 0 Å². The molecule has 6 heteroatoms. The Bertz CT molecular complexity index is 375. The molecule has 1 aliphatic heterocycles. The predicted octanol–water partition coefficient (Wildman–Crippen LogP) is 0.833. The minimum atomic E-state index is -0.746. The molecule has 2 N–H and O–H groups in total. The highest BCUT2D eigenvalue weighted by molar-refractivity contribution is 5.75. The van der Waals surface area contributed by atoms with Crippen LogP contribution in [-0.4, -0.2) is 66.7 Å². The molecule has 0 aromatic heterocycles. The van der Waals surface area contributed by atoms with Crippen LogP contribution in [0.2, 0.25) is 0 Å². The Morgan fingerprint density at radius 1 is 1.35 bits per heavy atom. The molecule has 6 nitrogen and oxygen atoms in total. The van der Waals surface area contributed by atoms with Gasteiger partial charge in [0.2, 0.25) is 0 Å². The van der Waals surface area contributed by atoms with Gasteiger partial charge in [-0.2, -0.15) is 0 Å². The van der Waals surface area contributed by atoms with Crippen molar-refractivity contribution in [3.8, 4) is 0 Å². The minimum Gasteiger partial charge on any atom is -0.481 e. The number of carboxylic acid groups (broad SMARTS) is 1. The lowest BCUT2D eigenvalue weighted by Crippen LogP contribution is -2.44. The molecule has 0 aromatic carbocycles. The van der Waals surface area contributed by atoms with Gasteiger partial charge >= 0.3 is 12.0 Å². The van der Waals surface area contributed by atoms with Crippen LogP contribution in [0.25, 0.3) is 0 Å². The average molecular weight is 283 g/mol. The molecular weight excluding hydrogens is 258 g/mol. The number of hydrogen-bond donors (Lipinski definition) is 2. The van der Waals surface area contributed by atoms with Crippen molar-refractivity contribution in [2.45, 2.75) is 31.7 Å². The fraction of sp³-hybridized carbons (Fsp3) is 0.857. The van der Waals surface area contributed by atoms with Gasteiger partial charge in [0.15, 0.2) is 0 Å². The Labute approximate surface area is 120 Å². The van der Waals surface area contributed by atoms with E-state index in [-0.39, 0.29) is 18.0 Å². The Hall–Kier alpha value is -1.30. The van der Waals surface area contributed by atoms with Gasteiger partial charge in [0.25, 0.3) is 0 Å². The molecule has 0 radical (unpaired) electrons. The van der Waals surface area contributed by atoms with E-state index in [2.05, 4.69) is 17.3 Å². The van der Waals surface area contributed by atoms with Gasteiger partial charge < -0.3 is 20.2 Å². The highest BCUT2D eigenvalue weighted by Crippen LogP contribution is 2.25. The monoisotopic (exact) mass is 283 g/mol. The van der Waals surface area contributed by atoms with Crippen LogP contribution in [0.3, 0.4) is 0 Å². The second-order valence-corrected chi connectivity index (χ2v) is 6.29. The van der Waals surface area contributed by atoms with E-state index in [1.54, 1.807) is 4.90 Å². The summed E-state index contributed by atoms with van der Waals surface area (Å²) in [6, 6.07) is -0.0621. The van der Waals surface area contributed by atoms with Gasteiger partial charge in [-0.1, -0.05) is 0 Å². The molecule has 2 fully saturated rings. The van der Waals surface area contributed by atoms with E-state index < -0.39 is 5.97 Å². The van der Waals surface area contributed by atoms with Crippen molar-refractivity contribution in [2.24, 2.45) is 11.8 Å². The normalized spacial score (nSPS) is 30.4. The van der Waals surface area contributed by atoms with E-state index in [0.29, 0.717) is 18.8 Å². The molecule has 0 bridgehead atoms. The number of carbonyl (C=O) groups is 2. The second kappa shape index (κ2) is 6.43. The van der Waals surface area contributed by atoms with Crippen LogP contribution in [0, 0.1) is 11.8 Å². The zero-order chi connectivity index (χ0) is 14.7. The Morgan fingerprint density at radius 3 is 2.65 bits per heavy atom. The second-order valence-electron chi connectivity index (χ2n) is 6.29. The number of likely N-dealkylation sites (tertiary alicyclic amines) is 1. The van der Waals surface area contributed by atoms with Crippen LogP contribution >= 0.6 is 0 Å². The van der Waals surface area contributed by atoms with Crippen LogP contribution in [0.4, 0.5) is 4.79 Å². The van der Waals surface area contributed by atoms with E-state index in [1.807, 2.05) is 7.05 Å². The van der Waals surface area contributed by atoms with Crippen molar-refractivity contribution in [3.63, 3.8) is 0 Å². The van der Waals surface area contributed by atoms with E-state index >= 15 is 0 Å². The summed E-state index contributed by atoms with van der Waals surface area (Å²) in [6.45, 7) is 2.91. The summed E-state index contributed by atoms with van der Waals surface area (Å²) in [7, 11) is 3.92. The molecule has 3 unspecified atom stereocenters. The van der Waals surface area contributed by atoms with Gasteiger partial charge in [0.05, 0.1) is 5.92 Å². The van der Waals surface area contributed by atoms with Crippen LogP contribution in [0.1, 0.15) is 25.7 Å². The zero-order valence-corrected chi connectivity index (χ0v) is 12.3. The summed E-state index contributed by atoms with van der Waals surface area (Å²) in [5, 5.41) is 11.9. The number of aliphatic carboxylic acids is 1. The van der Waals surface area contributed by atoms with Crippen molar-refractivity contribution in [3.05, 3.63) is 0 Å². The summed E-state index contributed by atoms with van der Waals surface area (Å²) < 4.78 is 0. The number of nitrogens with zero attached hydrogens (tertiary/aromatic N) is 2. The maximum atomic E-state index is 12.1. The minimum absolute atomic E-state index is 0.0114. The van der Waals surface area contributed by atoms with Gasteiger partial charge in [-0.05, 0) is 45.2 Å². The number of amides is 2. The van der Waals surface area contributed by atoms with E-state index in [9.17, 15) is 9.59 Å². The molecule has 1 saturated carbocycles. The van der Waals surface area contributed by atoms with Crippen molar-refractivity contribution in [1.29, 1.82) is 0 Å². The quantitative estimate of drug-likeness (QED) is 0.801. The Morgan fingerprint density at radius 2 is 2.10 bits per heavy atom. The van der Waals surface area contributed by atoms with E-state index in [1.165, 1.54) is 0 Å². The van der Waals surface area contributed by atoms with Gasteiger partial charge in [0.1, 0.15) is 0 Å². The largest absolute Gasteiger partial charge is 0.481 e. The lowest BCUT2D eigenvalue weighted by molar-refractivity contribution is -0.141. The maximum Gasteiger partial charge on any atom is 0.317 e. The van der Waals surface area contributed by atoms with Crippen LogP contribution in [0.5, 0.6) is 0 Å². The summed E-state index contributed by atoms with van der Waals surface area (Å²) >= 11 is 0.